The van der Waals surface area contributed by atoms with Crippen LogP contribution in [-0.2, 0) is 14.8 Å². The van der Waals surface area contributed by atoms with E-state index in [1.165, 1.54) is 12.1 Å². The highest BCUT2D eigenvalue weighted by molar-refractivity contribution is 7.92. The van der Waals surface area contributed by atoms with Gasteiger partial charge in [0.05, 0.1) is 12.0 Å². The summed E-state index contributed by atoms with van der Waals surface area (Å²) in [7, 11) is -2.20. The molecular formula is C18H20N2O4S. The quantitative estimate of drug-likeness (QED) is 0.828. The van der Waals surface area contributed by atoms with Crippen molar-refractivity contribution in [3.8, 4) is 5.75 Å². The molecule has 0 unspecified atom stereocenters. The lowest BCUT2D eigenvalue weighted by molar-refractivity contribution is -0.122. The Hall–Kier alpha value is -2.54. The van der Waals surface area contributed by atoms with Crippen LogP contribution >= 0.6 is 0 Å². The predicted octanol–water partition coefficient (Wildman–Crippen LogP) is 3.23. The fourth-order valence-electron chi connectivity index (χ4n) is 2.53. The third-order valence-corrected chi connectivity index (χ3v) is 5.61. The highest BCUT2D eigenvalue weighted by Crippen LogP contribution is 2.28. The molecule has 0 heterocycles. The number of carbonyl (C=O) groups excluding carboxylic acids is 1. The van der Waals surface area contributed by atoms with E-state index in [1.54, 1.807) is 43.5 Å². The van der Waals surface area contributed by atoms with E-state index in [2.05, 4.69) is 10.0 Å². The van der Waals surface area contributed by atoms with E-state index < -0.39 is 10.0 Å². The van der Waals surface area contributed by atoms with E-state index in [-0.39, 0.29) is 16.7 Å². The molecule has 0 spiro atoms. The van der Waals surface area contributed by atoms with E-state index >= 15 is 0 Å². The molecule has 6 nitrogen and oxygen atoms in total. The number of methoxy groups -OCH3 is 1. The minimum absolute atomic E-state index is 0.0395. The number of hydrogen-bond donors (Lipinski definition) is 2. The Labute approximate surface area is 147 Å². The Morgan fingerprint density at radius 1 is 1.08 bits per heavy atom. The number of benzene rings is 2. The van der Waals surface area contributed by atoms with Gasteiger partial charge in [-0.05, 0) is 55.3 Å². The zero-order valence-electron chi connectivity index (χ0n) is 13.9. The number of sulfonamides is 1. The Kier molecular flexibility index (Phi) is 4.94. The van der Waals surface area contributed by atoms with Crippen LogP contribution in [0.25, 0.3) is 0 Å². The van der Waals surface area contributed by atoms with Gasteiger partial charge in [-0.3, -0.25) is 9.52 Å². The summed E-state index contributed by atoms with van der Waals surface area (Å²) in [5.41, 5.74) is 0.916. The second-order valence-electron chi connectivity index (χ2n) is 5.98. The largest absolute Gasteiger partial charge is 0.497 e. The fourth-order valence-corrected chi connectivity index (χ4v) is 3.63. The van der Waals surface area contributed by atoms with E-state index in [0.717, 1.165) is 19.3 Å². The average Bonchev–Trinajstić information content (AvgIpc) is 2.54. The van der Waals surface area contributed by atoms with Crippen molar-refractivity contribution in [2.24, 2.45) is 5.92 Å². The molecule has 0 aliphatic heterocycles. The zero-order valence-corrected chi connectivity index (χ0v) is 14.7. The number of rotatable bonds is 6. The van der Waals surface area contributed by atoms with Crippen LogP contribution in [0.4, 0.5) is 11.4 Å². The van der Waals surface area contributed by atoms with Crippen molar-refractivity contribution in [2.75, 3.05) is 17.1 Å². The van der Waals surface area contributed by atoms with Crippen molar-refractivity contribution in [3.63, 3.8) is 0 Å². The highest BCUT2D eigenvalue weighted by Gasteiger charge is 2.25. The molecule has 2 N–H and O–H groups in total. The summed E-state index contributed by atoms with van der Waals surface area (Å²) in [6, 6.07) is 12.8. The first-order valence-electron chi connectivity index (χ1n) is 8.06. The summed E-state index contributed by atoms with van der Waals surface area (Å²) in [6.07, 6.45) is 2.85. The number of hydrogen-bond acceptors (Lipinski definition) is 4. The normalized spacial score (nSPS) is 14.4. The van der Waals surface area contributed by atoms with Crippen molar-refractivity contribution in [1.82, 2.24) is 0 Å². The third kappa shape index (κ3) is 4.11. The van der Waals surface area contributed by atoms with E-state index in [4.69, 9.17) is 4.74 Å². The van der Waals surface area contributed by atoms with Gasteiger partial charge in [0.2, 0.25) is 5.91 Å². The molecule has 0 aromatic heterocycles. The first kappa shape index (κ1) is 17.3. The first-order valence-corrected chi connectivity index (χ1v) is 9.54. The Bertz CT molecular complexity index is 859. The molecule has 132 valence electrons. The molecule has 1 aliphatic carbocycles. The molecule has 3 rings (SSSR count). The summed E-state index contributed by atoms with van der Waals surface area (Å²) < 4.78 is 32.6. The molecule has 0 bridgehead atoms. The van der Waals surface area contributed by atoms with Gasteiger partial charge in [-0.2, -0.15) is 0 Å². The van der Waals surface area contributed by atoms with Crippen LogP contribution in [0.3, 0.4) is 0 Å². The molecule has 7 heteroatoms. The van der Waals surface area contributed by atoms with Crippen molar-refractivity contribution < 1.29 is 17.9 Å². The lowest BCUT2D eigenvalue weighted by Gasteiger charge is -2.24. The topological polar surface area (TPSA) is 84.5 Å². The Morgan fingerprint density at radius 3 is 2.40 bits per heavy atom. The van der Waals surface area contributed by atoms with Gasteiger partial charge in [-0.15, -0.1) is 0 Å². The van der Waals surface area contributed by atoms with Gasteiger partial charge in [0.1, 0.15) is 5.75 Å². The van der Waals surface area contributed by atoms with Gasteiger partial charge in [-0.1, -0.05) is 12.5 Å². The maximum absolute atomic E-state index is 12.5. The van der Waals surface area contributed by atoms with Crippen molar-refractivity contribution >= 4 is 27.3 Å². The fraction of sp³-hybridized carbons (Fsp3) is 0.278. The molecule has 2 aromatic rings. The number of ether oxygens (including phenoxy) is 1. The van der Waals surface area contributed by atoms with Crippen molar-refractivity contribution in [3.05, 3.63) is 48.5 Å². The lowest BCUT2D eigenvalue weighted by Crippen LogP contribution is -2.28. The molecule has 0 saturated heterocycles. The minimum atomic E-state index is -3.75. The summed E-state index contributed by atoms with van der Waals surface area (Å²) >= 11 is 0. The molecule has 25 heavy (non-hydrogen) atoms. The molecule has 1 fully saturated rings. The van der Waals surface area contributed by atoms with Gasteiger partial charge in [0.15, 0.2) is 0 Å². The minimum Gasteiger partial charge on any atom is -0.497 e. The van der Waals surface area contributed by atoms with Gasteiger partial charge >= 0.3 is 0 Å². The maximum atomic E-state index is 12.5. The van der Waals surface area contributed by atoms with E-state index in [9.17, 15) is 13.2 Å². The number of carbonyl (C=O) groups is 1. The SMILES string of the molecule is COc1ccc(NS(=O)(=O)c2cccc(NC(=O)C3CCC3)c2)cc1. The van der Waals surface area contributed by atoms with E-state index in [0.29, 0.717) is 17.1 Å². The van der Waals surface area contributed by atoms with Crippen LogP contribution < -0.4 is 14.8 Å². The standard InChI is InChI=1S/C18H20N2O4S/c1-24-16-10-8-14(9-11-16)20-25(22,23)17-7-3-6-15(12-17)19-18(21)13-4-2-5-13/h3,6-13,20H,2,4-5H2,1H3,(H,19,21). The summed E-state index contributed by atoms with van der Waals surface area (Å²) in [5, 5.41) is 2.79. The molecule has 0 atom stereocenters. The van der Waals surface area contributed by atoms with Crippen LogP contribution in [-0.4, -0.2) is 21.4 Å². The van der Waals surface area contributed by atoms with Gasteiger partial charge in [-0.25, -0.2) is 8.42 Å². The smallest absolute Gasteiger partial charge is 0.261 e. The summed E-state index contributed by atoms with van der Waals surface area (Å²) in [4.78, 5) is 12.1. The van der Waals surface area contributed by atoms with Crippen LogP contribution in [0.5, 0.6) is 5.75 Å². The lowest BCUT2D eigenvalue weighted by atomic mass is 9.85. The first-order chi connectivity index (χ1) is 12.0. The molecule has 0 radical (unpaired) electrons. The number of amides is 1. The van der Waals surface area contributed by atoms with Gasteiger partial charge < -0.3 is 10.1 Å². The summed E-state index contributed by atoms with van der Waals surface area (Å²) in [6.45, 7) is 0. The van der Waals surface area contributed by atoms with Crippen LogP contribution in [0.15, 0.2) is 53.4 Å². The molecular weight excluding hydrogens is 340 g/mol. The Morgan fingerprint density at radius 2 is 1.80 bits per heavy atom. The van der Waals surface area contributed by atoms with Crippen LogP contribution in [0.2, 0.25) is 0 Å². The number of anilines is 2. The second-order valence-corrected chi connectivity index (χ2v) is 7.66. The van der Waals surface area contributed by atoms with Crippen LogP contribution in [0.1, 0.15) is 19.3 Å². The predicted molar refractivity (Wildman–Crippen MR) is 96.2 cm³/mol. The molecule has 2 aromatic carbocycles. The molecule has 1 saturated carbocycles. The summed E-state index contributed by atoms with van der Waals surface area (Å²) in [5.74, 6) is 0.630. The van der Waals surface area contributed by atoms with Gasteiger partial charge in [0.25, 0.3) is 10.0 Å². The maximum Gasteiger partial charge on any atom is 0.261 e. The monoisotopic (exact) mass is 360 g/mol. The molecule has 1 amide bonds. The Balaban J connectivity index is 1.74. The zero-order chi connectivity index (χ0) is 17.9. The third-order valence-electron chi connectivity index (χ3n) is 4.23. The average molecular weight is 360 g/mol. The highest BCUT2D eigenvalue weighted by atomic mass is 32.2. The van der Waals surface area contributed by atoms with Crippen molar-refractivity contribution in [1.29, 1.82) is 0 Å². The van der Waals surface area contributed by atoms with Gasteiger partial charge in [0, 0.05) is 17.3 Å². The van der Waals surface area contributed by atoms with Crippen LogP contribution in [0, 0.1) is 5.92 Å². The number of nitrogens with one attached hydrogen (secondary N) is 2. The van der Waals surface area contributed by atoms with Crippen molar-refractivity contribution in [2.45, 2.75) is 24.2 Å². The second kappa shape index (κ2) is 7.14. The van der Waals surface area contributed by atoms with E-state index in [1.807, 2.05) is 0 Å². The molecule has 1 aliphatic rings.